The highest BCUT2D eigenvalue weighted by atomic mass is 16.5. The van der Waals surface area contributed by atoms with Crippen LogP contribution in [0.5, 0.6) is 0 Å². The van der Waals surface area contributed by atoms with Crippen molar-refractivity contribution in [2.75, 3.05) is 7.11 Å². The average molecular weight is 262 g/mol. The van der Waals surface area contributed by atoms with Gasteiger partial charge in [0.1, 0.15) is 0 Å². The SMILES string of the molecule is CCC(CCc1ccccc1)(C(=O)OC)C(C)(C)C. The molecule has 1 aromatic rings. The Balaban J connectivity index is 2.95. The number of carbonyl (C=O) groups is 1. The summed E-state index contributed by atoms with van der Waals surface area (Å²) in [6.45, 7) is 8.45. The fourth-order valence-electron chi connectivity index (χ4n) is 2.83. The van der Waals surface area contributed by atoms with E-state index in [0.29, 0.717) is 0 Å². The largest absolute Gasteiger partial charge is 0.469 e. The molecule has 1 atom stereocenters. The third-order valence-electron chi connectivity index (χ3n) is 4.30. The standard InChI is InChI=1S/C17H26O2/c1-6-17(15(18)19-5,16(2,3)4)13-12-14-10-8-7-9-11-14/h7-11H,6,12-13H2,1-5H3. The molecule has 0 radical (unpaired) electrons. The van der Waals surface area contributed by atoms with Gasteiger partial charge < -0.3 is 4.74 Å². The molecule has 0 heterocycles. The van der Waals surface area contributed by atoms with Gasteiger partial charge in [-0.05, 0) is 30.2 Å². The molecule has 0 aromatic heterocycles. The minimum atomic E-state index is -0.419. The average Bonchev–Trinajstić information content (AvgIpc) is 2.39. The molecule has 2 nitrogen and oxygen atoms in total. The Morgan fingerprint density at radius 3 is 2.16 bits per heavy atom. The van der Waals surface area contributed by atoms with Crippen LogP contribution in [0.4, 0.5) is 0 Å². The summed E-state index contributed by atoms with van der Waals surface area (Å²) < 4.78 is 5.08. The fraction of sp³-hybridized carbons (Fsp3) is 0.588. The van der Waals surface area contributed by atoms with Gasteiger partial charge >= 0.3 is 5.97 Å². The number of rotatable bonds is 5. The molecule has 1 rings (SSSR count). The van der Waals surface area contributed by atoms with E-state index < -0.39 is 5.41 Å². The molecule has 2 heteroatoms. The molecular formula is C17H26O2. The van der Waals surface area contributed by atoms with Gasteiger partial charge in [0.15, 0.2) is 0 Å². The number of methoxy groups -OCH3 is 1. The molecule has 0 saturated heterocycles. The van der Waals surface area contributed by atoms with E-state index in [9.17, 15) is 4.79 Å². The van der Waals surface area contributed by atoms with Crippen molar-refractivity contribution in [2.45, 2.75) is 47.0 Å². The van der Waals surface area contributed by atoms with Crippen LogP contribution in [0.1, 0.15) is 46.1 Å². The summed E-state index contributed by atoms with van der Waals surface area (Å²) in [6, 6.07) is 10.3. The first-order chi connectivity index (χ1) is 8.87. The van der Waals surface area contributed by atoms with Gasteiger partial charge in [0.2, 0.25) is 0 Å². The minimum Gasteiger partial charge on any atom is -0.469 e. The van der Waals surface area contributed by atoms with Crippen molar-refractivity contribution in [2.24, 2.45) is 10.8 Å². The molecule has 0 saturated carbocycles. The third-order valence-corrected chi connectivity index (χ3v) is 4.30. The normalized spacial score (nSPS) is 14.8. The summed E-state index contributed by atoms with van der Waals surface area (Å²) in [4.78, 5) is 12.3. The Hall–Kier alpha value is -1.31. The summed E-state index contributed by atoms with van der Waals surface area (Å²) in [5, 5.41) is 0. The second kappa shape index (κ2) is 6.23. The van der Waals surface area contributed by atoms with Crippen molar-refractivity contribution in [3.63, 3.8) is 0 Å². The van der Waals surface area contributed by atoms with Crippen molar-refractivity contribution in [1.82, 2.24) is 0 Å². The zero-order chi connectivity index (χ0) is 14.5. The van der Waals surface area contributed by atoms with Gasteiger partial charge in [0.25, 0.3) is 0 Å². The summed E-state index contributed by atoms with van der Waals surface area (Å²) >= 11 is 0. The van der Waals surface area contributed by atoms with Gasteiger partial charge in [-0.15, -0.1) is 0 Å². The van der Waals surface area contributed by atoms with E-state index in [0.717, 1.165) is 19.3 Å². The van der Waals surface area contributed by atoms with Crippen LogP contribution in [-0.4, -0.2) is 13.1 Å². The van der Waals surface area contributed by atoms with E-state index in [1.54, 1.807) is 0 Å². The maximum absolute atomic E-state index is 12.3. The predicted molar refractivity (Wildman–Crippen MR) is 79.0 cm³/mol. The molecule has 19 heavy (non-hydrogen) atoms. The molecule has 106 valence electrons. The molecule has 0 amide bonds. The molecule has 0 fully saturated rings. The smallest absolute Gasteiger partial charge is 0.312 e. The van der Waals surface area contributed by atoms with Gasteiger partial charge in [-0.1, -0.05) is 58.0 Å². The Morgan fingerprint density at radius 2 is 1.74 bits per heavy atom. The first-order valence-electron chi connectivity index (χ1n) is 6.99. The topological polar surface area (TPSA) is 26.3 Å². The van der Waals surface area contributed by atoms with Gasteiger partial charge in [0, 0.05) is 0 Å². The second-order valence-electron chi connectivity index (χ2n) is 6.16. The number of hydrogen-bond donors (Lipinski definition) is 0. The van der Waals surface area contributed by atoms with E-state index in [4.69, 9.17) is 4.74 Å². The molecule has 1 aromatic carbocycles. The highest BCUT2D eigenvalue weighted by Gasteiger charge is 2.47. The molecule has 0 spiro atoms. The zero-order valence-electron chi connectivity index (χ0n) is 12.8. The van der Waals surface area contributed by atoms with E-state index in [1.807, 2.05) is 18.2 Å². The van der Waals surface area contributed by atoms with Crippen LogP contribution >= 0.6 is 0 Å². The van der Waals surface area contributed by atoms with Crippen LogP contribution in [0.25, 0.3) is 0 Å². The van der Waals surface area contributed by atoms with Gasteiger partial charge in [-0.25, -0.2) is 0 Å². The van der Waals surface area contributed by atoms with Crippen molar-refractivity contribution in [3.05, 3.63) is 35.9 Å². The van der Waals surface area contributed by atoms with Gasteiger partial charge in [0.05, 0.1) is 12.5 Å². The van der Waals surface area contributed by atoms with Crippen molar-refractivity contribution < 1.29 is 9.53 Å². The van der Waals surface area contributed by atoms with E-state index in [1.165, 1.54) is 12.7 Å². The summed E-state index contributed by atoms with van der Waals surface area (Å²) in [5.74, 6) is -0.0848. The lowest BCUT2D eigenvalue weighted by Gasteiger charge is -2.42. The molecular weight excluding hydrogens is 236 g/mol. The first kappa shape index (κ1) is 15.7. The summed E-state index contributed by atoms with van der Waals surface area (Å²) in [5.41, 5.74) is 0.745. The fourth-order valence-corrected chi connectivity index (χ4v) is 2.83. The highest BCUT2D eigenvalue weighted by molar-refractivity contribution is 5.77. The molecule has 0 N–H and O–H groups in total. The first-order valence-corrected chi connectivity index (χ1v) is 6.99. The number of carbonyl (C=O) groups excluding carboxylic acids is 1. The summed E-state index contributed by atoms with van der Waals surface area (Å²) in [6.07, 6.45) is 2.53. The van der Waals surface area contributed by atoms with Crippen LogP contribution in [0.15, 0.2) is 30.3 Å². The number of ether oxygens (including phenoxy) is 1. The lowest BCUT2D eigenvalue weighted by Crippen LogP contribution is -2.43. The number of aryl methyl sites for hydroxylation is 1. The van der Waals surface area contributed by atoms with E-state index >= 15 is 0 Å². The maximum Gasteiger partial charge on any atom is 0.312 e. The van der Waals surface area contributed by atoms with Gasteiger partial charge in [-0.3, -0.25) is 4.79 Å². The lowest BCUT2D eigenvalue weighted by molar-refractivity contribution is -0.161. The Labute approximate surface area is 117 Å². The highest BCUT2D eigenvalue weighted by Crippen LogP contribution is 2.46. The van der Waals surface area contributed by atoms with Crippen LogP contribution in [-0.2, 0) is 16.0 Å². The summed E-state index contributed by atoms with van der Waals surface area (Å²) in [7, 11) is 1.49. The van der Waals surface area contributed by atoms with Crippen LogP contribution in [0.3, 0.4) is 0 Å². The van der Waals surface area contributed by atoms with Crippen LogP contribution in [0.2, 0.25) is 0 Å². The quantitative estimate of drug-likeness (QED) is 0.742. The molecule has 0 aliphatic carbocycles. The molecule has 0 bridgehead atoms. The zero-order valence-corrected chi connectivity index (χ0v) is 12.8. The Morgan fingerprint density at radius 1 is 1.16 bits per heavy atom. The Bertz CT molecular complexity index is 403. The monoisotopic (exact) mass is 262 g/mol. The van der Waals surface area contributed by atoms with E-state index in [2.05, 4.69) is 39.8 Å². The predicted octanol–water partition coefficient (Wildman–Crippen LogP) is 4.23. The van der Waals surface area contributed by atoms with E-state index in [-0.39, 0.29) is 11.4 Å². The molecule has 1 unspecified atom stereocenters. The van der Waals surface area contributed by atoms with Crippen molar-refractivity contribution >= 4 is 5.97 Å². The van der Waals surface area contributed by atoms with Crippen molar-refractivity contribution in [3.8, 4) is 0 Å². The van der Waals surface area contributed by atoms with Gasteiger partial charge in [-0.2, -0.15) is 0 Å². The molecule has 0 aliphatic rings. The second-order valence-corrected chi connectivity index (χ2v) is 6.16. The number of hydrogen-bond acceptors (Lipinski definition) is 2. The Kier molecular flexibility index (Phi) is 5.16. The van der Waals surface area contributed by atoms with Crippen molar-refractivity contribution in [1.29, 1.82) is 0 Å². The maximum atomic E-state index is 12.3. The third kappa shape index (κ3) is 3.37. The number of esters is 1. The lowest BCUT2D eigenvalue weighted by atomic mass is 9.62. The number of benzene rings is 1. The molecule has 0 aliphatic heterocycles. The van der Waals surface area contributed by atoms with Crippen LogP contribution in [0, 0.1) is 10.8 Å². The van der Waals surface area contributed by atoms with Crippen LogP contribution < -0.4 is 0 Å². The minimum absolute atomic E-state index is 0.0848.